The largest absolute Gasteiger partial charge is 0.491 e. The average molecular weight is 436 g/mol. The third kappa shape index (κ3) is 6.04. The molecule has 3 rings (SSSR count). The van der Waals surface area contributed by atoms with Crippen molar-refractivity contribution >= 4 is 11.5 Å². The van der Waals surface area contributed by atoms with Gasteiger partial charge in [0.1, 0.15) is 11.5 Å². The molecule has 0 amide bonds. The van der Waals surface area contributed by atoms with Crippen LogP contribution in [0.2, 0.25) is 0 Å². The van der Waals surface area contributed by atoms with Gasteiger partial charge in [-0.2, -0.15) is 0 Å². The van der Waals surface area contributed by atoms with E-state index in [0.29, 0.717) is 23.7 Å². The molecule has 1 aromatic rings. The lowest BCUT2D eigenvalue weighted by Gasteiger charge is -2.25. The SMILES string of the molecule is C=C(C)C1C=CN=C(C(=O)/C(C)=C/CO)/C1=C/N(C)Cc1cc(C)c(OCC2CC2)cn1. The third-order valence-electron chi connectivity index (χ3n) is 5.65. The van der Waals surface area contributed by atoms with Crippen LogP contribution in [0.25, 0.3) is 0 Å². The zero-order valence-corrected chi connectivity index (χ0v) is 19.5. The second-order valence-corrected chi connectivity index (χ2v) is 8.74. The lowest BCUT2D eigenvalue weighted by Crippen LogP contribution is -2.27. The van der Waals surface area contributed by atoms with Gasteiger partial charge >= 0.3 is 0 Å². The van der Waals surface area contributed by atoms with Crippen molar-refractivity contribution in [3.8, 4) is 5.75 Å². The van der Waals surface area contributed by atoms with Crippen LogP contribution in [0, 0.1) is 18.8 Å². The molecule has 6 heteroatoms. The molecule has 0 aromatic carbocycles. The summed E-state index contributed by atoms with van der Waals surface area (Å²) in [5.74, 6) is 1.24. The minimum Gasteiger partial charge on any atom is -0.491 e. The summed E-state index contributed by atoms with van der Waals surface area (Å²) >= 11 is 0. The molecule has 0 saturated heterocycles. The number of allylic oxidation sites excluding steroid dienone is 4. The molecule has 2 heterocycles. The Morgan fingerprint density at radius 2 is 2.12 bits per heavy atom. The van der Waals surface area contributed by atoms with Crippen LogP contribution in [-0.4, -0.2) is 46.7 Å². The second-order valence-electron chi connectivity index (χ2n) is 8.74. The summed E-state index contributed by atoms with van der Waals surface area (Å²) in [6, 6.07) is 2.04. The van der Waals surface area contributed by atoms with E-state index in [0.717, 1.165) is 34.8 Å². The highest BCUT2D eigenvalue weighted by atomic mass is 16.5. The Balaban J connectivity index is 1.79. The number of carbonyl (C=O) groups is 1. The number of pyridine rings is 1. The van der Waals surface area contributed by atoms with Crippen LogP contribution in [-0.2, 0) is 11.3 Å². The Morgan fingerprint density at radius 1 is 1.38 bits per heavy atom. The number of aliphatic hydroxyl groups is 1. The number of carbonyl (C=O) groups excluding carboxylic acids is 1. The van der Waals surface area contributed by atoms with E-state index in [1.54, 1.807) is 19.3 Å². The maximum Gasteiger partial charge on any atom is 0.207 e. The molecular weight excluding hydrogens is 402 g/mol. The van der Waals surface area contributed by atoms with Crippen LogP contribution in [0.5, 0.6) is 5.75 Å². The summed E-state index contributed by atoms with van der Waals surface area (Å²) in [4.78, 5) is 23.9. The Hall–Kier alpha value is -2.99. The molecule has 170 valence electrons. The van der Waals surface area contributed by atoms with E-state index < -0.39 is 0 Å². The van der Waals surface area contributed by atoms with Crippen molar-refractivity contribution in [2.75, 3.05) is 20.3 Å². The summed E-state index contributed by atoms with van der Waals surface area (Å²) < 4.78 is 5.88. The highest BCUT2D eigenvalue weighted by Crippen LogP contribution is 2.30. The molecule has 0 spiro atoms. The summed E-state index contributed by atoms with van der Waals surface area (Å²) in [6.45, 7) is 10.9. The molecule has 2 aliphatic rings. The van der Waals surface area contributed by atoms with Crippen molar-refractivity contribution in [1.82, 2.24) is 9.88 Å². The monoisotopic (exact) mass is 435 g/mol. The van der Waals surface area contributed by atoms with Crippen LogP contribution >= 0.6 is 0 Å². The topological polar surface area (TPSA) is 75.0 Å². The number of aliphatic hydroxyl groups excluding tert-OH is 1. The first-order chi connectivity index (χ1) is 15.3. The van der Waals surface area contributed by atoms with Crippen LogP contribution in [0.15, 0.2) is 65.1 Å². The molecule has 0 radical (unpaired) electrons. The number of nitrogens with zero attached hydrogens (tertiary/aromatic N) is 3. The van der Waals surface area contributed by atoms with Crippen LogP contribution < -0.4 is 4.74 Å². The quantitative estimate of drug-likeness (QED) is 0.441. The number of Topliss-reactive ketones (excluding diaryl/α,β-unsaturated/α-hetero) is 1. The van der Waals surface area contributed by atoms with Gasteiger partial charge in [0.25, 0.3) is 0 Å². The standard InChI is InChI=1S/C26H33N3O3/c1-17(2)22-8-10-27-25(26(31)18(3)9-11-30)23(22)15-29(5)14-21-12-19(4)24(13-28-21)32-16-20-6-7-20/h8-10,12-13,15,20,22,30H,1,6-7,11,14,16H2,2-5H3/b18-9+,23-15+. The number of ether oxygens (including phenoxy) is 1. The number of hydrogen-bond donors (Lipinski definition) is 1. The van der Waals surface area contributed by atoms with Gasteiger partial charge < -0.3 is 14.7 Å². The van der Waals surface area contributed by atoms with E-state index in [4.69, 9.17) is 9.84 Å². The lowest BCUT2D eigenvalue weighted by atomic mass is 9.85. The van der Waals surface area contributed by atoms with Crippen molar-refractivity contribution in [1.29, 1.82) is 0 Å². The van der Waals surface area contributed by atoms with Crippen LogP contribution in [0.4, 0.5) is 0 Å². The van der Waals surface area contributed by atoms with Gasteiger partial charge in [0.2, 0.25) is 5.78 Å². The number of aryl methyl sites for hydroxylation is 1. The summed E-state index contributed by atoms with van der Waals surface area (Å²) in [5.41, 5.74) is 4.55. The fraction of sp³-hybridized carbons (Fsp3) is 0.423. The number of hydrogen-bond acceptors (Lipinski definition) is 6. The molecule has 1 atom stereocenters. The van der Waals surface area contributed by atoms with Gasteiger partial charge in [-0.3, -0.25) is 14.8 Å². The van der Waals surface area contributed by atoms with Gasteiger partial charge in [-0.05, 0) is 56.7 Å². The molecule has 1 unspecified atom stereocenters. The Labute approximate surface area is 190 Å². The molecule has 6 nitrogen and oxygen atoms in total. The Morgan fingerprint density at radius 3 is 2.75 bits per heavy atom. The predicted octanol–water partition coefficient (Wildman–Crippen LogP) is 4.16. The minimum absolute atomic E-state index is 0.108. The number of rotatable bonds is 10. The fourth-order valence-electron chi connectivity index (χ4n) is 3.58. The van der Waals surface area contributed by atoms with E-state index in [-0.39, 0.29) is 18.3 Å². The van der Waals surface area contributed by atoms with Crippen LogP contribution in [0.3, 0.4) is 0 Å². The smallest absolute Gasteiger partial charge is 0.207 e. The molecule has 1 saturated carbocycles. The van der Waals surface area contributed by atoms with Crippen molar-refractivity contribution in [3.63, 3.8) is 0 Å². The van der Waals surface area contributed by atoms with Crippen molar-refractivity contribution in [2.45, 2.75) is 40.2 Å². The van der Waals surface area contributed by atoms with Gasteiger partial charge in [-0.25, -0.2) is 0 Å². The lowest BCUT2D eigenvalue weighted by molar-refractivity contribution is -0.109. The first-order valence-corrected chi connectivity index (χ1v) is 11.0. The molecule has 1 aromatic heterocycles. The van der Waals surface area contributed by atoms with E-state index in [1.807, 2.05) is 44.1 Å². The summed E-state index contributed by atoms with van der Waals surface area (Å²) in [5, 5.41) is 9.17. The number of aliphatic imine (C=N–C) groups is 1. The molecule has 0 bridgehead atoms. The highest BCUT2D eigenvalue weighted by Gasteiger charge is 2.27. The van der Waals surface area contributed by atoms with Crippen molar-refractivity contribution in [2.24, 2.45) is 16.8 Å². The average Bonchev–Trinajstić information content (AvgIpc) is 3.57. The molecule has 1 N–H and O–H groups in total. The maximum absolute atomic E-state index is 12.9. The van der Waals surface area contributed by atoms with E-state index in [1.165, 1.54) is 18.9 Å². The van der Waals surface area contributed by atoms with Crippen molar-refractivity contribution in [3.05, 3.63) is 71.4 Å². The first-order valence-electron chi connectivity index (χ1n) is 11.0. The molecule has 32 heavy (non-hydrogen) atoms. The van der Waals surface area contributed by atoms with Gasteiger partial charge in [0.15, 0.2) is 0 Å². The number of aromatic nitrogens is 1. The number of ketones is 1. The molecule has 1 aliphatic heterocycles. The van der Waals surface area contributed by atoms with E-state index in [9.17, 15) is 4.79 Å². The van der Waals surface area contributed by atoms with Gasteiger partial charge in [-0.15, -0.1) is 0 Å². The van der Waals surface area contributed by atoms with Crippen molar-refractivity contribution < 1.29 is 14.6 Å². The zero-order valence-electron chi connectivity index (χ0n) is 19.5. The fourth-order valence-corrected chi connectivity index (χ4v) is 3.58. The summed E-state index contributed by atoms with van der Waals surface area (Å²) in [7, 11) is 1.95. The first kappa shape index (κ1) is 23.7. The van der Waals surface area contributed by atoms with E-state index >= 15 is 0 Å². The molecule has 1 aliphatic carbocycles. The Bertz CT molecular complexity index is 1000. The minimum atomic E-state index is -0.194. The Kier molecular flexibility index (Phi) is 7.80. The zero-order chi connectivity index (χ0) is 23.3. The van der Waals surface area contributed by atoms with Gasteiger partial charge in [-0.1, -0.05) is 24.3 Å². The molecular formula is C26H33N3O3. The van der Waals surface area contributed by atoms with Gasteiger partial charge in [0.05, 0.1) is 31.6 Å². The normalized spacial score (nSPS) is 19.7. The second kappa shape index (κ2) is 10.6. The highest BCUT2D eigenvalue weighted by molar-refractivity contribution is 6.51. The van der Waals surface area contributed by atoms with E-state index in [2.05, 4.69) is 16.6 Å². The summed E-state index contributed by atoms with van der Waals surface area (Å²) in [6.07, 6.45) is 11.4. The predicted molar refractivity (Wildman–Crippen MR) is 127 cm³/mol. The third-order valence-corrected chi connectivity index (χ3v) is 5.65. The maximum atomic E-state index is 12.9. The van der Waals surface area contributed by atoms with Gasteiger partial charge in [0, 0.05) is 30.9 Å². The van der Waals surface area contributed by atoms with Crippen LogP contribution in [0.1, 0.15) is 37.9 Å². The molecule has 1 fully saturated rings.